The Balaban J connectivity index is 1.86. The molecule has 0 fully saturated rings. The minimum Gasteiger partial charge on any atom is -0.435 e. The summed E-state index contributed by atoms with van der Waals surface area (Å²) >= 11 is 5.85. The van der Waals surface area contributed by atoms with Crippen molar-refractivity contribution in [3.05, 3.63) is 64.7 Å². The van der Waals surface area contributed by atoms with Gasteiger partial charge in [0.1, 0.15) is 5.75 Å². The highest BCUT2D eigenvalue weighted by atomic mass is 35.5. The molecule has 0 saturated carbocycles. The van der Waals surface area contributed by atoms with Crippen LogP contribution in [0, 0.1) is 0 Å². The van der Waals surface area contributed by atoms with Crippen molar-refractivity contribution < 1.29 is 13.5 Å². The minimum atomic E-state index is -2.83. The minimum absolute atomic E-state index is 0.133. The monoisotopic (exact) mass is 353 g/mol. The molecule has 0 saturated heterocycles. The van der Waals surface area contributed by atoms with E-state index in [0.29, 0.717) is 24.1 Å². The maximum atomic E-state index is 12.2. The number of rotatable bonds is 6. The summed E-state index contributed by atoms with van der Waals surface area (Å²) in [7, 11) is 1.66. The van der Waals surface area contributed by atoms with Crippen LogP contribution in [-0.4, -0.2) is 19.6 Å². The Kier molecular flexibility index (Phi) is 6.81. The van der Waals surface area contributed by atoms with Gasteiger partial charge in [-0.25, -0.2) is 0 Å². The van der Waals surface area contributed by atoms with Crippen molar-refractivity contribution >= 4 is 17.6 Å². The zero-order valence-corrected chi connectivity index (χ0v) is 13.9. The summed E-state index contributed by atoms with van der Waals surface area (Å²) in [5.41, 5.74) is 1.87. The highest BCUT2D eigenvalue weighted by Gasteiger charge is 2.05. The number of alkyl halides is 2. The first-order chi connectivity index (χ1) is 11.6. The lowest BCUT2D eigenvalue weighted by molar-refractivity contribution is -0.0498. The summed E-state index contributed by atoms with van der Waals surface area (Å²) < 4.78 is 28.8. The number of ether oxygens (including phenoxy) is 1. The Morgan fingerprint density at radius 1 is 1.08 bits per heavy atom. The van der Waals surface area contributed by atoms with E-state index in [2.05, 4.69) is 20.4 Å². The van der Waals surface area contributed by atoms with Crippen molar-refractivity contribution in [2.24, 2.45) is 4.99 Å². The topological polar surface area (TPSA) is 45.7 Å². The van der Waals surface area contributed by atoms with Crippen LogP contribution in [0.5, 0.6) is 5.75 Å². The molecule has 0 radical (unpaired) electrons. The van der Waals surface area contributed by atoms with Crippen LogP contribution in [0.2, 0.25) is 5.02 Å². The van der Waals surface area contributed by atoms with E-state index in [1.807, 2.05) is 30.3 Å². The molecule has 0 bridgehead atoms. The molecule has 128 valence electrons. The molecule has 0 aliphatic heterocycles. The molecule has 4 nitrogen and oxygen atoms in total. The first-order valence-corrected chi connectivity index (χ1v) is 7.67. The Morgan fingerprint density at radius 2 is 1.75 bits per heavy atom. The molecule has 2 N–H and O–H groups in total. The Morgan fingerprint density at radius 3 is 2.38 bits per heavy atom. The molecular weight excluding hydrogens is 336 g/mol. The maximum absolute atomic E-state index is 12.2. The number of aliphatic imine (C=N–C) groups is 1. The maximum Gasteiger partial charge on any atom is 0.387 e. The van der Waals surface area contributed by atoms with E-state index >= 15 is 0 Å². The van der Waals surface area contributed by atoms with Gasteiger partial charge in [-0.2, -0.15) is 8.78 Å². The third-order valence-electron chi connectivity index (χ3n) is 3.18. The summed E-state index contributed by atoms with van der Waals surface area (Å²) in [5.74, 6) is 0.735. The fourth-order valence-electron chi connectivity index (χ4n) is 2.03. The molecule has 0 aliphatic rings. The van der Waals surface area contributed by atoms with E-state index in [4.69, 9.17) is 11.6 Å². The smallest absolute Gasteiger partial charge is 0.387 e. The lowest BCUT2D eigenvalue weighted by Crippen LogP contribution is -2.36. The van der Waals surface area contributed by atoms with Gasteiger partial charge in [-0.05, 0) is 35.4 Å². The number of nitrogens with one attached hydrogen (secondary N) is 2. The zero-order chi connectivity index (χ0) is 17.4. The first kappa shape index (κ1) is 18.0. The third-order valence-corrected chi connectivity index (χ3v) is 3.43. The van der Waals surface area contributed by atoms with E-state index in [1.54, 1.807) is 19.2 Å². The van der Waals surface area contributed by atoms with Gasteiger partial charge in [-0.1, -0.05) is 35.9 Å². The van der Waals surface area contributed by atoms with E-state index in [0.717, 1.165) is 11.1 Å². The van der Waals surface area contributed by atoms with E-state index < -0.39 is 6.61 Å². The molecule has 0 unspecified atom stereocenters. The average molecular weight is 354 g/mol. The fourth-order valence-corrected chi connectivity index (χ4v) is 2.15. The zero-order valence-electron chi connectivity index (χ0n) is 13.1. The predicted molar refractivity (Wildman–Crippen MR) is 91.6 cm³/mol. The van der Waals surface area contributed by atoms with Crippen molar-refractivity contribution in [1.82, 2.24) is 10.6 Å². The summed E-state index contributed by atoms with van der Waals surface area (Å²) in [6, 6.07) is 14.0. The SMILES string of the molecule is CN=C(NCc1ccc(Cl)cc1)NCc1cccc(OC(F)F)c1. The molecule has 2 rings (SSSR count). The number of nitrogens with zero attached hydrogens (tertiary/aromatic N) is 1. The highest BCUT2D eigenvalue weighted by molar-refractivity contribution is 6.30. The number of benzene rings is 2. The van der Waals surface area contributed by atoms with Gasteiger partial charge >= 0.3 is 6.61 Å². The molecule has 2 aromatic carbocycles. The molecule has 0 heterocycles. The molecule has 2 aromatic rings. The lowest BCUT2D eigenvalue weighted by atomic mass is 10.2. The normalized spacial score (nSPS) is 11.5. The van der Waals surface area contributed by atoms with Crippen LogP contribution in [0.15, 0.2) is 53.5 Å². The van der Waals surface area contributed by atoms with Gasteiger partial charge in [0, 0.05) is 25.2 Å². The summed E-state index contributed by atoms with van der Waals surface area (Å²) in [6.45, 7) is -1.81. The van der Waals surface area contributed by atoms with Crippen LogP contribution in [-0.2, 0) is 13.1 Å². The van der Waals surface area contributed by atoms with Gasteiger partial charge < -0.3 is 15.4 Å². The molecule has 0 aliphatic carbocycles. The first-order valence-electron chi connectivity index (χ1n) is 7.29. The lowest BCUT2D eigenvalue weighted by Gasteiger charge is -2.13. The van der Waals surface area contributed by atoms with Crippen LogP contribution in [0.1, 0.15) is 11.1 Å². The van der Waals surface area contributed by atoms with Crippen LogP contribution in [0.4, 0.5) is 8.78 Å². The summed E-state index contributed by atoms with van der Waals surface area (Å²) in [6.07, 6.45) is 0. The predicted octanol–water partition coefficient (Wildman–Crippen LogP) is 3.81. The number of hydrogen-bond donors (Lipinski definition) is 2. The van der Waals surface area contributed by atoms with Gasteiger partial charge in [0.15, 0.2) is 5.96 Å². The van der Waals surface area contributed by atoms with Crippen molar-refractivity contribution in [2.45, 2.75) is 19.7 Å². The largest absolute Gasteiger partial charge is 0.435 e. The fraction of sp³-hybridized carbons (Fsp3) is 0.235. The molecule has 0 spiro atoms. The average Bonchev–Trinajstić information content (AvgIpc) is 2.56. The Bertz CT molecular complexity index is 678. The van der Waals surface area contributed by atoms with E-state index in [-0.39, 0.29) is 5.75 Å². The third kappa shape index (κ3) is 6.04. The molecule has 0 amide bonds. The summed E-state index contributed by atoms with van der Waals surface area (Å²) in [5, 5.41) is 6.97. The Labute approximate surface area is 144 Å². The molecule has 24 heavy (non-hydrogen) atoms. The van der Waals surface area contributed by atoms with Crippen molar-refractivity contribution in [3.8, 4) is 5.75 Å². The quantitative estimate of drug-likeness (QED) is 0.613. The van der Waals surface area contributed by atoms with Crippen molar-refractivity contribution in [1.29, 1.82) is 0 Å². The van der Waals surface area contributed by atoms with Crippen molar-refractivity contribution in [2.75, 3.05) is 7.05 Å². The molecule has 7 heteroatoms. The van der Waals surface area contributed by atoms with E-state index in [1.165, 1.54) is 6.07 Å². The van der Waals surface area contributed by atoms with Gasteiger partial charge in [-0.3, -0.25) is 4.99 Å². The Hall–Kier alpha value is -2.34. The van der Waals surface area contributed by atoms with Gasteiger partial charge in [-0.15, -0.1) is 0 Å². The van der Waals surface area contributed by atoms with Crippen LogP contribution in [0.25, 0.3) is 0 Å². The van der Waals surface area contributed by atoms with E-state index in [9.17, 15) is 8.78 Å². The van der Waals surface area contributed by atoms with Crippen molar-refractivity contribution in [3.63, 3.8) is 0 Å². The van der Waals surface area contributed by atoms with Crippen LogP contribution < -0.4 is 15.4 Å². The number of guanidine groups is 1. The van der Waals surface area contributed by atoms with Crippen LogP contribution in [0.3, 0.4) is 0 Å². The van der Waals surface area contributed by atoms with Gasteiger partial charge in [0.25, 0.3) is 0 Å². The highest BCUT2D eigenvalue weighted by Crippen LogP contribution is 2.15. The van der Waals surface area contributed by atoms with Gasteiger partial charge in [0.05, 0.1) is 0 Å². The second-order valence-electron chi connectivity index (χ2n) is 4.93. The second-order valence-corrected chi connectivity index (χ2v) is 5.37. The molecule has 0 atom stereocenters. The number of halogens is 3. The second kappa shape index (κ2) is 9.08. The van der Waals surface area contributed by atoms with Gasteiger partial charge in [0.2, 0.25) is 0 Å². The molecular formula is C17H18ClF2N3O. The number of hydrogen-bond acceptors (Lipinski definition) is 2. The van der Waals surface area contributed by atoms with Crippen LogP contribution >= 0.6 is 11.6 Å². The molecule has 0 aromatic heterocycles. The summed E-state index contributed by atoms with van der Waals surface area (Å²) in [4.78, 5) is 4.12. The standard InChI is InChI=1S/C17H18ClF2N3O/c1-21-17(22-10-12-5-7-14(18)8-6-12)23-11-13-3-2-4-15(9-13)24-16(19)20/h2-9,16H,10-11H2,1H3,(H2,21,22,23).